The highest BCUT2D eigenvalue weighted by molar-refractivity contribution is 5.58. The van der Waals surface area contributed by atoms with Crippen molar-refractivity contribution in [2.75, 3.05) is 37.7 Å². The minimum absolute atomic E-state index is 0.209. The molecule has 0 N–H and O–H groups in total. The van der Waals surface area contributed by atoms with E-state index in [9.17, 15) is 9.18 Å². The van der Waals surface area contributed by atoms with Crippen LogP contribution in [0.1, 0.15) is 37.7 Å². The van der Waals surface area contributed by atoms with Crippen molar-refractivity contribution in [3.8, 4) is 17.3 Å². The highest BCUT2D eigenvalue weighted by atomic mass is 19.1. The molecule has 190 valence electrons. The summed E-state index contributed by atoms with van der Waals surface area (Å²) < 4.78 is 21.5. The summed E-state index contributed by atoms with van der Waals surface area (Å²) in [4.78, 5) is 25.6. The number of piperidine rings is 2. The molecule has 8 heteroatoms. The zero-order valence-electron chi connectivity index (χ0n) is 20.9. The molecule has 0 unspecified atom stereocenters. The van der Waals surface area contributed by atoms with Crippen LogP contribution < -0.4 is 15.2 Å². The summed E-state index contributed by atoms with van der Waals surface area (Å²) in [6.45, 7) is 5.89. The lowest BCUT2D eigenvalue weighted by Gasteiger charge is -2.33. The fourth-order valence-corrected chi connectivity index (χ4v) is 5.11. The summed E-state index contributed by atoms with van der Waals surface area (Å²) in [5.41, 5.74) is 2.86. The van der Waals surface area contributed by atoms with Crippen LogP contribution in [0.15, 0.2) is 53.6 Å². The summed E-state index contributed by atoms with van der Waals surface area (Å²) in [5, 5.41) is 0. The Morgan fingerprint density at radius 1 is 1.03 bits per heavy atom. The summed E-state index contributed by atoms with van der Waals surface area (Å²) in [5.74, 6) is -0.144. The molecular weight excluding hydrogens is 457 g/mol. The first-order chi connectivity index (χ1) is 17.6. The highest BCUT2D eigenvalue weighted by Crippen LogP contribution is 2.26. The van der Waals surface area contributed by atoms with E-state index in [-0.39, 0.29) is 22.8 Å². The average molecular weight is 492 g/mol. The molecule has 0 spiro atoms. The minimum Gasteiger partial charge on any atom is -0.464 e. The van der Waals surface area contributed by atoms with E-state index in [2.05, 4.69) is 44.0 Å². The Bertz CT molecular complexity index is 1220. The molecule has 1 aromatic carbocycles. The van der Waals surface area contributed by atoms with E-state index in [0.717, 1.165) is 38.7 Å². The number of aromatic nitrogens is 3. The molecule has 7 nitrogen and oxygen atoms in total. The number of benzene rings is 1. The van der Waals surface area contributed by atoms with Crippen LogP contribution in [0.3, 0.4) is 0 Å². The summed E-state index contributed by atoms with van der Waals surface area (Å²) >= 11 is 0. The van der Waals surface area contributed by atoms with Crippen LogP contribution >= 0.6 is 0 Å². The third-order valence-electron chi connectivity index (χ3n) is 7.36. The number of rotatable bonds is 7. The number of hydrogen-bond acceptors (Lipinski definition) is 6. The zero-order valence-corrected chi connectivity index (χ0v) is 20.9. The van der Waals surface area contributed by atoms with Crippen LogP contribution in [0.4, 0.5) is 10.1 Å². The van der Waals surface area contributed by atoms with E-state index < -0.39 is 5.82 Å². The van der Waals surface area contributed by atoms with Crippen LogP contribution in [-0.4, -0.2) is 52.2 Å². The lowest BCUT2D eigenvalue weighted by atomic mass is 9.97. The van der Waals surface area contributed by atoms with E-state index >= 15 is 0 Å². The summed E-state index contributed by atoms with van der Waals surface area (Å²) in [6, 6.07) is 12.1. The predicted octanol–water partition coefficient (Wildman–Crippen LogP) is 4.26. The second kappa shape index (κ2) is 11.2. The lowest BCUT2D eigenvalue weighted by Crippen LogP contribution is -2.36. The fourth-order valence-electron chi connectivity index (χ4n) is 5.11. The molecule has 5 rings (SSSR count). The molecule has 4 heterocycles. The molecule has 0 saturated carbocycles. The Kier molecular flexibility index (Phi) is 7.60. The van der Waals surface area contributed by atoms with Gasteiger partial charge in [0, 0.05) is 50.2 Å². The predicted molar refractivity (Wildman–Crippen MR) is 139 cm³/mol. The minimum atomic E-state index is -0.517. The number of nitrogens with zero attached hydrogens (tertiary/aromatic N) is 5. The van der Waals surface area contributed by atoms with Crippen molar-refractivity contribution in [1.29, 1.82) is 0 Å². The van der Waals surface area contributed by atoms with Gasteiger partial charge in [0.15, 0.2) is 5.82 Å². The van der Waals surface area contributed by atoms with Gasteiger partial charge in [-0.1, -0.05) is 18.6 Å². The Morgan fingerprint density at radius 3 is 2.50 bits per heavy atom. The van der Waals surface area contributed by atoms with Gasteiger partial charge in [0.1, 0.15) is 0 Å². The first-order valence-corrected chi connectivity index (χ1v) is 12.9. The topological polar surface area (TPSA) is 63.5 Å². The molecule has 0 amide bonds. The maximum absolute atomic E-state index is 14.2. The van der Waals surface area contributed by atoms with Crippen molar-refractivity contribution in [1.82, 2.24) is 19.4 Å². The van der Waals surface area contributed by atoms with E-state index in [1.807, 2.05) is 0 Å². The normalized spacial score (nSPS) is 17.3. The second-order valence-corrected chi connectivity index (χ2v) is 9.92. The van der Waals surface area contributed by atoms with Crippen molar-refractivity contribution in [2.24, 2.45) is 13.0 Å². The maximum atomic E-state index is 14.2. The largest absolute Gasteiger partial charge is 0.464 e. The molecule has 36 heavy (non-hydrogen) atoms. The van der Waals surface area contributed by atoms with Crippen molar-refractivity contribution in [3.05, 3.63) is 70.5 Å². The fraction of sp³-hybridized carbons (Fsp3) is 0.464. The van der Waals surface area contributed by atoms with E-state index in [0.29, 0.717) is 12.5 Å². The molecule has 2 aliphatic rings. The van der Waals surface area contributed by atoms with Crippen LogP contribution in [0.25, 0.3) is 11.3 Å². The van der Waals surface area contributed by atoms with Gasteiger partial charge in [-0.2, -0.15) is 4.98 Å². The molecule has 2 saturated heterocycles. The smallest absolute Gasteiger partial charge is 0.299 e. The quantitative estimate of drug-likeness (QED) is 0.492. The number of likely N-dealkylation sites (tertiary alicyclic amines) is 1. The van der Waals surface area contributed by atoms with Gasteiger partial charge in [-0.15, -0.1) is 0 Å². The van der Waals surface area contributed by atoms with Crippen LogP contribution in [0.2, 0.25) is 0 Å². The molecule has 2 aliphatic heterocycles. The summed E-state index contributed by atoms with van der Waals surface area (Å²) in [7, 11) is 1.62. The number of anilines is 1. The zero-order chi connectivity index (χ0) is 24.9. The molecule has 0 atom stereocenters. The Hall–Kier alpha value is -3.26. The molecule has 2 aromatic heterocycles. The van der Waals surface area contributed by atoms with Gasteiger partial charge in [0.2, 0.25) is 0 Å². The van der Waals surface area contributed by atoms with Gasteiger partial charge in [-0.05, 0) is 68.5 Å². The van der Waals surface area contributed by atoms with Crippen LogP contribution in [0, 0.1) is 11.7 Å². The number of ether oxygens (including phenoxy) is 1. The van der Waals surface area contributed by atoms with Crippen molar-refractivity contribution in [2.45, 2.75) is 38.6 Å². The standard InChI is InChI=1S/C28H34FN5O2/c1-32-27(35)17-26(24-9-12-30-18-25(24)29)31-28(32)36-20-22-10-15-34(16-11-22)23-7-5-21(6-8-23)19-33-13-3-2-4-14-33/h5-9,12,17-18,22H,2-4,10-11,13-16,19-20H2,1H3. The van der Waals surface area contributed by atoms with Gasteiger partial charge >= 0.3 is 0 Å². The van der Waals surface area contributed by atoms with Crippen LogP contribution in [-0.2, 0) is 13.6 Å². The Balaban J connectivity index is 1.15. The molecule has 0 aliphatic carbocycles. The Morgan fingerprint density at radius 2 is 1.78 bits per heavy atom. The van der Waals surface area contributed by atoms with Gasteiger partial charge in [-0.3, -0.25) is 19.2 Å². The third kappa shape index (κ3) is 5.75. The van der Waals surface area contributed by atoms with Gasteiger partial charge in [0.05, 0.1) is 18.5 Å². The molecular formula is C28H34FN5O2. The molecule has 0 bridgehead atoms. The van der Waals surface area contributed by atoms with Gasteiger partial charge in [-0.25, -0.2) is 4.39 Å². The van der Waals surface area contributed by atoms with E-state index in [1.54, 1.807) is 7.05 Å². The number of hydrogen-bond donors (Lipinski definition) is 0. The highest BCUT2D eigenvalue weighted by Gasteiger charge is 2.21. The first kappa shape index (κ1) is 24.4. The Labute approximate surface area is 211 Å². The van der Waals surface area contributed by atoms with E-state index in [1.165, 1.54) is 66.5 Å². The molecule has 3 aromatic rings. The second-order valence-electron chi connectivity index (χ2n) is 9.92. The monoisotopic (exact) mass is 491 g/mol. The van der Waals surface area contributed by atoms with Gasteiger partial charge < -0.3 is 9.64 Å². The number of halogens is 1. The number of pyridine rings is 1. The van der Waals surface area contributed by atoms with Gasteiger partial charge in [0.25, 0.3) is 11.6 Å². The maximum Gasteiger partial charge on any atom is 0.299 e. The summed E-state index contributed by atoms with van der Waals surface area (Å²) in [6.07, 6.45) is 8.60. The van der Waals surface area contributed by atoms with Crippen molar-refractivity contribution >= 4 is 5.69 Å². The lowest BCUT2D eigenvalue weighted by molar-refractivity contribution is 0.201. The van der Waals surface area contributed by atoms with E-state index in [4.69, 9.17) is 4.74 Å². The first-order valence-electron chi connectivity index (χ1n) is 12.9. The van der Waals surface area contributed by atoms with Crippen molar-refractivity contribution in [3.63, 3.8) is 0 Å². The SMILES string of the molecule is Cn1c(OCC2CCN(c3ccc(CN4CCCCC4)cc3)CC2)nc(-c2ccncc2F)cc1=O. The average Bonchev–Trinajstić information content (AvgIpc) is 2.91. The van der Waals surface area contributed by atoms with Crippen molar-refractivity contribution < 1.29 is 9.13 Å². The van der Waals surface area contributed by atoms with Crippen LogP contribution in [0.5, 0.6) is 6.01 Å². The molecule has 2 fully saturated rings. The third-order valence-corrected chi connectivity index (χ3v) is 7.36. The molecule has 0 radical (unpaired) electrons.